The molecule has 1 aliphatic carbocycles. The van der Waals surface area contributed by atoms with Gasteiger partial charge in [0.25, 0.3) is 0 Å². The van der Waals surface area contributed by atoms with Crippen LogP contribution in [-0.4, -0.2) is 16.8 Å². The van der Waals surface area contributed by atoms with Gasteiger partial charge in [-0.2, -0.15) is 4.79 Å². The molecule has 0 bridgehead atoms. The summed E-state index contributed by atoms with van der Waals surface area (Å²) in [7, 11) is 0. The molecule has 1 fully saturated rings. The van der Waals surface area contributed by atoms with Gasteiger partial charge in [0.05, 0.1) is 0 Å². The summed E-state index contributed by atoms with van der Waals surface area (Å²) in [4.78, 5) is 14.9. The van der Waals surface area contributed by atoms with E-state index < -0.39 is 5.41 Å². The molecule has 98 valence electrons. The van der Waals surface area contributed by atoms with Crippen LogP contribution in [0.25, 0.3) is 11.6 Å². The van der Waals surface area contributed by atoms with E-state index in [9.17, 15) is 4.79 Å². The van der Waals surface area contributed by atoms with Crippen molar-refractivity contribution in [1.29, 1.82) is 0 Å². The van der Waals surface area contributed by atoms with Crippen molar-refractivity contribution in [3.8, 4) is 0 Å². The molecule has 1 unspecified atom stereocenters. The Morgan fingerprint density at radius 2 is 2.11 bits per heavy atom. The highest BCUT2D eigenvalue weighted by Crippen LogP contribution is 2.39. The minimum Gasteiger partial charge on any atom is -0.361 e. The third-order valence-corrected chi connectivity index (χ3v) is 3.78. The van der Waals surface area contributed by atoms with Crippen LogP contribution in [0, 0.1) is 5.41 Å². The maximum Gasteiger partial charge on any atom is 0.323 e. The molecule has 3 nitrogen and oxygen atoms in total. The fourth-order valence-electron chi connectivity index (χ4n) is 2.71. The van der Waals surface area contributed by atoms with Crippen LogP contribution in [0.5, 0.6) is 0 Å². The number of hydrogen-bond acceptors (Lipinski definition) is 1. The normalized spacial score (nSPS) is 24.8. The van der Waals surface area contributed by atoms with E-state index in [0.717, 1.165) is 31.9 Å². The largest absolute Gasteiger partial charge is 0.361 e. The molecule has 0 N–H and O–H groups in total. The van der Waals surface area contributed by atoms with Crippen molar-refractivity contribution in [3.63, 3.8) is 0 Å². The van der Waals surface area contributed by atoms with E-state index in [1.807, 2.05) is 25.1 Å². The molecule has 0 saturated heterocycles. The predicted molar refractivity (Wildman–Crippen MR) is 75.7 cm³/mol. The molecule has 0 aromatic heterocycles. The highest BCUT2D eigenvalue weighted by molar-refractivity contribution is 6.27. The SMILES string of the molecule is CC1(C(=O)C=[N+]=[N-])CCCC(=Cc2ccccc2)C1. The molecule has 19 heavy (non-hydrogen) atoms. The van der Waals surface area contributed by atoms with Gasteiger partial charge in [0.15, 0.2) is 0 Å². The van der Waals surface area contributed by atoms with Gasteiger partial charge < -0.3 is 5.53 Å². The average Bonchev–Trinajstić information content (AvgIpc) is 2.40. The maximum atomic E-state index is 12.0. The monoisotopic (exact) mass is 254 g/mol. The van der Waals surface area contributed by atoms with E-state index in [2.05, 4.69) is 23.0 Å². The second-order valence-corrected chi connectivity index (χ2v) is 5.41. The van der Waals surface area contributed by atoms with Gasteiger partial charge >= 0.3 is 6.21 Å². The van der Waals surface area contributed by atoms with E-state index >= 15 is 0 Å². The highest BCUT2D eigenvalue weighted by atomic mass is 16.1. The van der Waals surface area contributed by atoms with Crippen molar-refractivity contribution in [2.24, 2.45) is 5.41 Å². The average molecular weight is 254 g/mol. The number of Topliss-reactive ketones (excluding diaryl/α,β-unsaturated/α-hetero) is 1. The first-order valence-electron chi connectivity index (χ1n) is 6.60. The molecule has 0 amide bonds. The molecule has 0 heterocycles. The quantitative estimate of drug-likeness (QED) is 0.462. The Kier molecular flexibility index (Phi) is 4.08. The maximum absolute atomic E-state index is 12.0. The number of rotatable bonds is 3. The Bertz CT molecular complexity index is 541. The van der Waals surface area contributed by atoms with Crippen LogP contribution in [0.15, 0.2) is 35.9 Å². The first kappa shape index (κ1) is 13.4. The molecule has 0 radical (unpaired) electrons. The van der Waals surface area contributed by atoms with Crippen molar-refractivity contribution in [3.05, 3.63) is 47.0 Å². The fraction of sp³-hybridized carbons (Fsp3) is 0.375. The smallest absolute Gasteiger partial charge is 0.323 e. The number of carbonyl (C=O) groups excluding carboxylic acids is 1. The minimum atomic E-state index is -0.426. The zero-order valence-corrected chi connectivity index (χ0v) is 11.2. The lowest BCUT2D eigenvalue weighted by atomic mass is 9.70. The van der Waals surface area contributed by atoms with Gasteiger partial charge in [-0.15, -0.1) is 0 Å². The van der Waals surface area contributed by atoms with Crippen LogP contribution in [0.2, 0.25) is 0 Å². The zero-order chi connectivity index (χ0) is 13.7. The summed E-state index contributed by atoms with van der Waals surface area (Å²) in [5.74, 6) is -0.0892. The lowest BCUT2D eigenvalue weighted by Crippen LogP contribution is -2.32. The van der Waals surface area contributed by atoms with Gasteiger partial charge in [-0.25, -0.2) is 0 Å². The van der Waals surface area contributed by atoms with Gasteiger partial charge in [-0.05, 0) is 31.2 Å². The number of benzene rings is 1. The first-order chi connectivity index (χ1) is 9.14. The molecule has 1 atom stereocenters. The van der Waals surface area contributed by atoms with E-state index in [4.69, 9.17) is 5.53 Å². The Balaban J connectivity index is 2.19. The molecule has 1 aromatic carbocycles. The summed E-state index contributed by atoms with van der Waals surface area (Å²) in [5, 5.41) is 0. The van der Waals surface area contributed by atoms with Gasteiger partial charge in [-0.3, -0.25) is 4.79 Å². The summed E-state index contributed by atoms with van der Waals surface area (Å²) in [6, 6.07) is 10.1. The van der Waals surface area contributed by atoms with Crippen molar-refractivity contribution in [2.45, 2.75) is 32.6 Å². The van der Waals surface area contributed by atoms with Crippen molar-refractivity contribution >= 4 is 18.1 Å². The van der Waals surface area contributed by atoms with Gasteiger partial charge in [0.1, 0.15) is 0 Å². The summed E-state index contributed by atoms with van der Waals surface area (Å²) < 4.78 is 0. The molecule has 0 spiro atoms. The second-order valence-electron chi connectivity index (χ2n) is 5.41. The van der Waals surface area contributed by atoms with Crippen LogP contribution in [-0.2, 0) is 4.79 Å². The Hall–Kier alpha value is -1.99. The third kappa shape index (κ3) is 3.27. The molecule has 0 aliphatic heterocycles. The standard InChI is InChI=1S/C16H18N2O/c1-16(15(19)12-18-17)9-5-8-14(11-16)10-13-6-3-2-4-7-13/h2-4,6-7,10,12H,5,8-9,11H2,1H3. The Morgan fingerprint density at radius 3 is 2.79 bits per heavy atom. The highest BCUT2D eigenvalue weighted by Gasteiger charge is 2.37. The lowest BCUT2D eigenvalue weighted by Gasteiger charge is -2.31. The first-order valence-corrected chi connectivity index (χ1v) is 6.60. The third-order valence-electron chi connectivity index (χ3n) is 3.78. The fourth-order valence-corrected chi connectivity index (χ4v) is 2.71. The van der Waals surface area contributed by atoms with Gasteiger partial charge in [0, 0.05) is 5.41 Å². The summed E-state index contributed by atoms with van der Waals surface area (Å²) in [6.07, 6.45) is 6.83. The van der Waals surface area contributed by atoms with Crippen LogP contribution in [0.4, 0.5) is 0 Å². The van der Waals surface area contributed by atoms with E-state index in [1.54, 1.807) is 0 Å². The number of carbonyl (C=O) groups is 1. The molecular weight excluding hydrogens is 236 g/mol. The number of allylic oxidation sites excluding steroid dienone is 1. The van der Waals surface area contributed by atoms with Crippen LogP contribution < -0.4 is 0 Å². The van der Waals surface area contributed by atoms with Crippen molar-refractivity contribution in [1.82, 2.24) is 0 Å². The number of hydrogen-bond donors (Lipinski definition) is 0. The van der Waals surface area contributed by atoms with E-state index in [1.165, 1.54) is 11.1 Å². The molecule has 1 saturated carbocycles. The molecular formula is C16H18N2O. The van der Waals surface area contributed by atoms with Gasteiger partial charge in [0.2, 0.25) is 5.78 Å². The molecule has 2 rings (SSSR count). The molecule has 1 aliphatic rings. The van der Waals surface area contributed by atoms with E-state index in [-0.39, 0.29) is 5.78 Å². The lowest BCUT2D eigenvalue weighted by molar-refractivity contribution is -0.125. The van der Waals surface area contributed by atoms with Crippen LogP contribution in [0.3, 0.4) is 0 Å². The summed E-state index contributed by atoms with van der Waals surface area (Å²) >= 11 is 0. The van der Waals surface area contributed by atoms with Gasteiger partial charge in [-0.1, -0.05) is 48.9 Å². The van der Waals surface area contributed by atoms with Crippen molar-refractivity contribution in [2.75, 3.05) is 0 Å². The molecule has 3 heteroatoms. The Morgan fingerprint density at radius 1 is 1.37 bits per heavy atom. The predicted octanol–water partition coefficient (Wildman–Crippen LogP) is 3.52. The second kappa shape index (κ2) is 5.77. The number of ketones is 1. The molecule has 1 aromatic rings. The van der Waals surface area contributed by atoms with Crippen molar-refractivity contribution < 1.29 is 9.58 Å². The summed E-state index contributed by atoms with van der Waals surface area (Å²) in [6.45, 7) is 1.95. The van der Waals surface area contributed by atoms with E-state index in [0.29, 0.717) is 0 Å². The summed E-state index contributed by atoms with van der Waals surface area (Å²) in [5.41, 5.74) is 10.6. The minimum absolute atomic E-state index is 0.0892. The van der Waals surface area contributed by atoms with Crippen LogP contribution in [0.1, 0.15) is 38.2 Å². The van der Waals surface area contributed by atoms with Crippen LogP contribution >= 0.6 is 0 Å². The zero-order valence-electron chi connectivity index (χ0n) is 11.2. The Labute approximate surface area is 113 Å². The topological polar surface area (TPSA) is 53.5 Å². The number of nitrogens with zero attached hydrogens (tertiary/aromatic N) is 2.